The molecule has 1 heteroatoms. The average molecular weight is 281 g/mol. The Morgan fingerprint density at radius 1 is 0.810 bits per heavy atom. The number of nitrogens with one attached hydrogen (secondary N) is 1. The Labute approximate surface area is 129 Å². The monoisotopic (exact) mass is 281 g/mol. The first-order valence-electron chi connectivity index (χ1n) is 8.17. The third-order valence-electron chi connectivity index (χ3n) is 4.05. The third-order valence-corrected chi connectivity index (χ3v) is 4.05. The zero-order chi connectivity index (χ0) is 14.9. The van der Waals surface area contributed by atoms with Crippen molar-refractivity contribution in [2.45, 2.75) is 51.6 Å². The SMILES string of the molecule is CCCCCC(N[C@H](C)c1ccccc1)c1ccccc1. The van der Waals surface area contributed by atoms with Gasteiger partial charge in [0.15, 0.2) is 0 Å². The summed E-state index contributed by atoms with van der Waals surface area (Å²) in [7, 11) is 0. The van der Waals surface area contributed by atoms with Gasteiger partial charge in [0.1, 0.15) is 0 Å². The van der Waals surface area contributed by atoms with Crippen molar-refractivity contribution in [3.05, 3.63) is 71.8 Å². The van der Waals surface area contributed by atoms with Crippen LogP contribution in [0.5, 0.6) is 0 Å². The molecule has 0 saturated carbocycles. The molecule has 2 atom stereocenters. The lowest BCUT2D eigenvalue weighted by Gasteiger charge is -2.24. The molecule has 0 amide bonds. The minimum Gasteiger partial charge on any atom is -0.303 e. The van der Waals surface area contributed by atoms with Gasteiger partial charge in [-0.05, 0) is 24.5 Å². The van der Waals surface area contributed by atoms with Gasteiger partial charge in [0.25, 0.3) is 0 Å². The summed E-state index contributed by atoms with van der Waals surface area (Å²) in [6, 6.07) is 22.4. The van der Waals surface area contributed by atoms with E-state index in [0.717, 1.165) is 0 Å². The van der Waals surface area contributed by atoms with Crippen molar-refractivity contribution >= 4 is 0 Å². The third kappa shape index (κ3) is 5.02. The number of hydrogen-bond donors (Lipinski definition) is 1. The molecule has 0 saturated heterocycles. The summed E-state index contributed by atoms with van der Waals surface area (Å²) >= 11 is 0. The molecule has 2 rings (SSSR count). The molecule has 2 aromatic carbocycles. The fourth-order valence-electron chi connectivity index (χ4n) is 2.77. The molecule has 0 aliphatic carbocycles. The second-order valence-electron chi connectivity index (χ2n) is 5.76. The summed E-state index contributed by atoms with van der Waals surface area (Å²) in [4.78, 5) is 0. The Hall–Kier alpha value is -1.60. The Morgan fingerprint density at radius 2 is 1.38 bits per heavy atom. The Morgan fingerprint density at radius 3 is 1.95 bits per heavy atom. The molecule has 0 fully saturated rings. The minimum absolute atomic E-state index is 0.373. The van der Waals surface area contributed by atoms with Crippen LogP contribution in [0.25, 0.3) is 0 Å². The molecule has 1 unspecified atom stereocenters. The van der Waals surface area contributed by atoms with Gasteiger partial charge >= 0.3 is 0 Å². The van der Waals surface area contributed by atoms with E-state index in [1.165, 1.54) is 36.8 Å². The average Bonchev–Trinajstić information content (AvgIpc) is 2.55. The Balaban J connectivity index is 2.05. The van der Waals surface area contributed by atoms with E-state index in [0.29, 0.717) is 12.1 Å². The van der Waals surface area contributed by atoms with E-state index in [1.54, 1.807) is 0 Å². The zero-order valence-corrected chi connectivity index (χ0v) is 13.3. The largest absolute Gasteiger partial charge is 0.303 e. The molecule has 0 bridgehead atoms. The van der Waals surface area contributed by atoms with Crippen molar-refractivity contribution in [1.29, 1.82) is 0 Å². The van der Waals surface area contributed by atoms with Crippen LogP contribution in [-0.4, -0.2) is 0 Å². The van der Waals surface area contributed by atoms with Crippen LogP contribution in [-0.2, 0) is 0 Å². The summed E-state index contributed by atoms with van der Waals surface area (Å²) < 4.78 is 0. The number of rotatable bonds is 8. The summed E-state index contributed by atoms with van der Waals surface area (Å²) in [5, 5.41) is 3.81. The fourth-order valence-corrected chi connectivity index (χ4v) is 2.77. The molecular weight excluding hydrogens is 254 g/mol. The highest BCUT2D eigenvalue weighted by Gasteiger charge is 2.14. The van der Waals surface area contributed by atoms with Crippen LogP contribution < -0.4 is 5.32 Å². The zero-order valence-electron chi connectivity index (χ0n) is 13.3. The molecule has 0 heterocycles. The Kier molecular flexibility index (Phi) is 6.49. The van der Waals surface area contributed by atoms with Crippen molar-refractivity contribution in [2.24, 2.45) is 0 Å². The van der Waals surface area contributed by atoms with E-state index in [4.69, 9.17) is 0 Å². The van der Waals surface area contributed by atoms with Crippen molar-refractivity contribution < 1.29 is 0 Å². The van der Waals surface area contributed by atoms with Gasteiger partial charge in [-0.25, -0.2) is 0 Å². The van der Waals surface area contributed by atoms with E-state index in [-0.39, 0.29) is 0 Å². The summed E-state index contributed by atoms with van der Waals surface area (Å²) in [5.74, 6) is 0. The fraction of sp³-hybridized carbons (Fsp3) is 0.400. The molecule has 0 aliphatic rings. The van der Waals surface area contributed by atoms with Gasteiger partial charge in [-0.15, -0.1) is 0 Å². The first-order chi connectivity index (χ1) is 10.3. The molecule has 2 aromatic rings. The topological polar surface area (TPSA) is 12.0 Å². The second-order valence-corrected chi connectivity index (χ2v) is 5.76. The van der Waals surface area contributed by atoms with Crippen LogP contribution in [0.3, 0.4) is 0 Å². The predicted molar refractivity (Wildman–Crippen MR) is 91.3 cm³/mol. The van der Waals surface area contributed by atoms with Gasteiger partial charge in [-0.2, -0.15) is 0 Å². The van der Waals surface area contributed by atoms with Crippen molar-refractivity contribution in [2.75, 3.05) is 0 Å². The summed E-state index contributed by atoms with van der Waals surface area (Å²) in [6.45, 7) is 4.52. The minimum atomic E-state index is 0.373. The molecule has 112 valence electrons. The lowest BCUT2D eigenvalue weighted by atomic mass is 9.98. The Bertz CT molecular complexity index is 492. The number of unbranched alkanes of at least 4 members (excludes halogenated alkanes) is 2. The molecule has 0 radical (unpaired) electrons. The van der Waals surface area contributed by atoms with Crippen LogP contribution in [0.15, 0.2) is 60.7 Å². The maximum Gasteiger partial charge on any atom is 0.0325 e. The highest BCUT2D eigenvalue weighted by atomic mass is 14.9. The first-order valence-corrected chi connectivity index (χ1v) is 8.17. The van der Waals surface area contributed by atoms with E-state index < -0.39 is 0 Å². The lowest BCUT2D eigenvalue weighted by molar-refractivity contribution is 0.427. The van der Waals surface area contributed by atoms with Crippen LogP contribution >= 0.6 is 0 Å². The molecule has 0 spiro atoms. The van der Waals surface area contributed by atoms with Crippen LogP contribution in [0.2, 0.25) is 0 Å². The molecule has 1 nitrogen and oxygen atoms in total. The smallest absolute Gasteiger partial charge is 0.0325 e. The van der Waals surface area contributed by atoms with Crippen LogP contribution in [0, 0.1) is 0 Å². The van der Waals surface area contributed by atoms with E-state index in [1.807, 2.05) is 0 Å². The van der Waals surface area contributed by atoms with Gasteiger partial charge in [0, 0.05) is 12.1 Å². The second kappa shape index (κ2) is 8.63. The van der Waals surface area contributed by atoms with E-state index in [9.17, 15) is 0 Å². The maximum absolute atomic E-state index is 3.81. The van der Waals surface area contributed by atoms with Crippen LogP contribution in [0.1, 0.15) is 62.7 Å². The van der Waals surface area contributed by atoms with Gasteiger partial charge < -0.3 is 5.32 Å². The van der Waals surface area contributed by atoms with Gasteiger partial charge in [0.2, 0.25) is 0 Å². The normalized spacial score (nSPS) is 13.8. The number of benzene rings is 2. The quantitative estimate of drug-likeness (QED) is 0.616. The predicted octanol–water partition coefficient (Wildman–Crippen LogP) is 5.66. The molecular formula is C20H27N. The van der Waals surface area contributed by atoms with Gasteiger partial charge in [-0.1, -0.05) is 86.8 Å². The van der Waals surface area contributed by atoms with Gasteiger partial charge in [0.05, 0.1) is 0 Å². The molecule has 0 aliphatic heterocycles. The standard InChI is InChI=1S/C20H27N/c1-3-4-7-16-20(19-14-10-6-11-15-19)21-17(2)18-12-8-5-9-13-18/h5-6,8-15,17,20-21H,3-4,7,16H2,1-2H3/t17-,20?/m1/s1. The van der Waals surface area contributed by atoms with Crippen LogP contribution in [0.4, 0.5) is 0 Å². The summed E-state index contributed by atoms with van der Waals surface area (Å²) in [6.07, 6.45) is 5.07. The van der Waals surface area contributed by atoms with Crippen molar-refractivity contribution in [3.63, 3.8) is 0 Å². The molecule has 0 aromatic heterocycles. The van der Waals surface area contributed by atoms with Crippen molar-refractivity contribution in [3.8, 4) is 0 Å². The van der Waals surface area contributed by atoms with E-state index >= 15 is 0 Å². The molecule has 1 N–H and O–H groups in total. The highest BCUT2D eigenvalue weighted by Crippen LogP contribution is 2.24. The first kappa shape index (κ1) is 15.8. The number of hydrogen-bond acceptors (Lipinski definition) is 1. The van der Waals surface area contributed by atoms with Crippen molar-refractivity contribution in [1.82, 2.24) is 5.32 Å². The molecule has 21 heavy (non-hydrogen) atoms. The van der Waals surface area contributed by atoms with Gasteiger partial charge in [-0.3, -0.25) is 0 Å². The maximum atomic E-state index is 3.81. The summed E-state index contributed by atoms with van der Waals surface area (Å²) in [5.41, 5.74) is 2.75. The van der Waals surface area contributed by atoms with E-state index in [2.05, 4.69) is 79.8 Å². The highest BCUT2D eigenvalue weighted by molar-refractivity contribution is 5.22. The lowest BCUT2D eigenvalue weighted by Crippen LogP contribution is -2.24.